The summed E-state index contributed by atoms with van der Waals surface area (Å²) in [6.07, 6.45) is 5.16. The highest BCUT2D eigenvalue weighted by molar-refractivity contribution is 7.92. The van der Waals surface area contributed by atoms with Crippen LogP contribution in [0, 0.1) is 0 Å². The molecule has 1 heterocycles. The minimum absolute atomic E-state index is 0.197. The molecule has 0 bridgehead atoms. The monoisotopic (exact) mass is 211 g/mol. The number of nitrogens with zero attached hydrogens (tertiary/aromatic N) is 1. The van der Waals surface area contributed by atoms with Crippen molar-refractivity contribution < 1.29 is 8.42 Å². The summed E-state index contributed by atoms with van der Waals surface area (Å²) in [5.74, 6) is 0. The van der Waals surface area contributed by atoms with Crippen molar-refractivity contribution in [3.63, 3.8) is 0 Å². The lowest BCUT2D eigenvalue weighted by molar-refractivity contribution is 0.576. The lowest BCUT2D eigenvalue weighted by Gasteiger charge is -2.09. The van der Waals surface area contributed by atoms with Gasteiger partial charge in [0.2, 0.25) is 0 Å². The molecular formula is C10H13NO2S. The van der Waals surface area contributed by atoms with E-state index in [0.717, 1.165) is 25.7 Å². The molecule has 0 radical (unpaired) electrons. The molecule has 14 heavy (non-hydrogen) atoms. The Morgan fingerprint density at radius 2 is 1.93 bits per heavy atom. The van der Waals surface area contributed by atoms with Crippen molar-refractivity contribution in [3.8, 4) is 0 Å². The fourth-order valence-electron chi connectivity index (χ4n) is 1.88. The highest BCUT2D eigenvalue weighted by Gasteiger charge is 2.30. The quantitative estimate of drug-likeness (QED) is 0.749. The Balaban J connectivity index is 2.33. The van der Waals surface area contributed by atoms with Crippen LogP contribution in [0.3, 0.4) is 0 Å². The van der Waals surface area contributed by atoms with Crippen LogP contribution in [-0.4, -0.2) is 18.7 Å². The molecule has 1 aliphatic rings. The van der Waals surface area contributed by atoms with Crippen molar-refractivity contribution in [2.75, 3.05) is 0 Å². The second-order valence-corrected chi connectivity index (χ2v) is 5.79. The van der Waals surface area contributed by atoms with Gasteiger partial charge < -0.3 is 0 Å². The fraction of sp³-hybridized carbons (Fsp3) is 0.500. The number of hydrogen-bond acceptors (Lipinski definition) is 3. The Bertz CT molecular complexity index is 393. The molecular weight excluding hydrogens is 198 g/mol. The molecule has 4 heteroatoms. The normalized spacial score (nSPS) is 18.6. The summed E-state index contributed by atoms with van der Waals surface area (Å²) in [6.45, 7) is 0. The first-order chi connectivity index (χ1) is 6.71. The molecule has 0 aliphatic heterocycles. The van der Waals surface area contributed by atoms with Gasteiger partial charge in [-0.15, -0.1) is 0 Å². The summed E-state index contributed by atoms with van der Waals surface area (Å²) in [6, 6.07) is 5.02. The van der Waals surface area contributed by atoms with Crippen LogP contribution in [0.5, 0.6) is 0 Å². The van der Waals surface area contributed by atoms with Gasteiger partial charge in [0.1, 0.15) is 0 Å². The van der Waals surface area contributed by atoms with E-state index in [4.69, 9.17) is 0 Å². The van der Waals surface area contributed by atoms with E-state index in [0.29, 0.717) is 0 Å². The van der Waals surface area contributed by atoms with Crippen molar-refractivity contribution in [1.82, 2.24) is 4.98 Å². The van der Waals surface area contributed by atoms with Gasteiger partial charge in [-0.3, -0.25) is 0 Å². The van der Waals surface area contributed by atoms with E-state index < -0.39 is 9.84 Å². The molecule has 0 unspecified atom stereocenters. The minimum Gasteiger partial charge on any atom is -0.245 e. The van der Waals surface area contributed by atoms with E-state index in [-0.39, 0.29) is 10.3 Å². The summed E-state index contributed by atoms with van der Waals surface area (Å²) in [7, 11) is -3.15. The van der Waals surface area contributed by atoms with E-state index in [1.54, 1.807) is 18.2 Å². The summed E-state index contributed by atoms with van der Waals surface area (Å²) >= 11 is 0. The fourth-order valence-corrected chi connectivity index (χ4v) is 3.66. The predicted molar refractivity (Wildman–Crippen MR) is 53.7 cm³/mol. The van der Waals surface area contributed by atoms with Gasteiger partial charge in [0.25, 0.3) is 0 Å². The van der Waals surface area contributed by atoms with E-state index in [1.807, 2.05) is 0 Å². The third kappa shape index (κ3) is 1.66. The van der Waals surface area contributed by atoms with Crippen LogP contribution in [0.25, 0.3) is 0 Å². The van der Waals surface area contributed by atoms with E-state index >= 15 is 0 Å². The molecule has 76 valence electrons. The van der Waals surface area contributed by atoms with Crippen LogP contribution in [0.2, 0.25) is 0 Å². The Morgan fingerprint density at radius 1 is 1.21 bits per heavy atom. The zero-order valence-corrected chi connectivity index (χ0v) is 8.70. The lowest BCUT2D eigenvalue weighted by atomic mass is 10.4. The molecule has 0 amide bonds. The van der Waals surface area contributed by atoms with E-state index in [9.17, 15) is 8.42 Å². The predicted octanol–water partition coefficient (Wildman–Crippen LogP) is 1.80. The highest BCUT2D eigenvalue weighted by atomic mass is 32.2. The molecule has 1 saturated carbocycles. The average Bonchev–Trinajstić information content (AvgIpc) is 2.72. The number of sulfone groups is 1. The van der Waals surface area contributed by atoms with E-state index in [2.05, 4.69) is 4.98 Å². The standard InChI is InChI=1S/C10H13NO2S/c12-14(13,9-5-1-2-6-9)10-7-3-4-8-11-10/h3-4,7-9H,1-2,5-6H2. The van der Waals surface area contributed by atoms with Crippen molar-refractivity contribution >= 4 is 9.84 Å². The topological polar surface area (TPSA) is 47.0 Å². The molecule has 1 aromatic rings. The van der Waals surface area contributed by atoms with Crippen LogP contribution in [0.1, 0.15) is 25.7 Å². The maximum Gasteiger partial charge on any atom is 0.198 e. The second kappa shape index (κ2) is 3.69. The largest absolute Gasteiger partial charge is 0.245 e. The van der Waals surface area contributed by atoms with Crippen LogP contribution < -0.4 is 0 Å². The van der Waals surface area contributed by atoms with Gasteiger partial charge in [-0.2, -0.15) is 0 Å². The number of pyridine rings is 1. The highest BCUT2D eigenvalue weighted by Crippen LogP contribution is 2.28. The molecule has 2 rings (SSSR count). The molecule has 3 nitrogen and oxygen atoms in total. The van der Waals surface area contributed by atoms with Gasteiger partial charge in [0, 0.05) is 6.20 Å². The Labute approximate surface area is 84.1 Å². The van der Waals surface area contributed by atoms with Crippen LogP contribution >= 0.6 is 0 Å². The third-order valence-electron chi connectivity index (χ3n) is 2.67. The molecule has 0 aromatic carbocycles. The maximum absolute atomic E-state index is 12.0. The molecule has 1 fully saturated rings. The van der Waals surface area contributed by atoms with Crippen LogP contribution in [0.4, 0.5) is 0 Å². The van der Waals surface area contributed by atoms with E-state index in [1.165, 1.54) is 6.20 Å². The SMILES string of the molecule is O=S(=O)(c1ccccn1)C1CCCC1. The van der Waals surface area contributed by atoms with Gasteiger partial charge in [-0.1, -0.05) is 18.9 Å². The first-order valence-corrected chi connectivity index (χ1v) is 6.41. The van der Waals surface area contributed by atoms with Gasteiger partial charge in [0.05, 0.1) is 5.25 Å². The maximum atomic E-state index is 12.0. The molecule has 1 aliphatic carbocycles. The summed E-state index contributed by atoms with van der Waals surface area (Å²) in [5.41, 5.74) is 0. The zero-order valence-electron chi connectivity index (χ0n) is 7.89. The number of rotatable bonds is 2. The average molecular weight is 211 g/mol. The van der Waals surface area contributed by atoms with Gasteiger partial charge in [-0.25, -0.2) is 13.4 Å². The van der Waals surface area contributed by atoms with Crippen LogP contribution in [-0.2, 0) is 9.84 Å². The van der Waals surface area contributed by atoms with Gasteiger partial charge in [0.15, 0.2) is 14.9 Å². The Hall–Kier alpha value is -0.900. The first-order valence-electron chi connectivity index (χ1n) is 4.86. The molecule has 0 spiro atoms. The first kappa shape index (κ1) is 9.65. The van der Waals surface area contributed by atoms with Gasteiger partial charge >= 0.3 is 0 Å². The summed E-state index contributed by atoms with van der Waals surface area (Å²) in [4.78, 5) is 3.91. The third-order valence-corrected chi connectivity index (χ3v) is 4.84. The summed E-state index contributed by atoms with van der Waals surface area (Å²) in [5, 5.41) is 0.0318. The van der Waals surface area contributed by atoms with Gasteiger partial charge in [-0.05, 0) is 25.0 Å². The Kier molecular flexibility index (Phi) is 2.54. The zero-order chi connectivity index (χ0) is 10.0. The van der Waals surface area contributed by atoms with Crippen molar-refractivity contribution in [2.45, 2.75) is 36.0 Å². The van der Waals surface area contributed by atoms with Crippen molar-refractivity contribution in [2.24, 2.45) is 0 Å². The molecule has 0 N–H and O–H groups in total. The second-order valence-electron chi connectivity index (χ2n) is 3.62. The Morgan fingerprint density at radius 3 is 2.50 bits per heavy atom. The molecule has 0 atom stereocenters. The van der Waals surface area contributed by atoms with Crippen molar-refractivity contribution in [3.05, 3.63) is 24.4 Å². The number of hydrogen-bond donors (Lipinski definition) is 0. The smallest absolute Gasteiger partial charge is 0.198 e. The lowest BCUT2D eigenvalue weighted by Crippen LogP contribution is -2.18. The molecule has 1 aromatic heterocycles. The summed E-state index contributed by atoms with van der Waals surface area (Å²) < 4.78 is 23.9. The molecule has 0 saturated heterocycles. The van der Waals surface area contributed by atoms with Crippen molar-refractivity contribution in [1.29, 1.82) is 0 Å². The minimum atomic E-state index is -3.15. The van der Waals surface area contributed by atoms with Crippen LogP contribution in [0.15, 0.2) is 29.4 Å². The number of aromatic nitrogens is 1.